The van der Waals surface area contributed by atoms with Crippen LogP contribution < -0.4 is 10.2 Å². The maximum absolute atomic E-state index is 12.3. The number of aryl methyl sites for hydroxylation is 1. The van der Waals surface area contributed by atoms with E-state index in [1.54, 1.807) is 11.0 Å². The second kappa shape index (κ2) is 7.14. The SMILES string of the molecule is CCC(CC)NC(=O)C1CC(=O)N(c2ccc(C)c(Cl)c2)C1. The summed E-state index contributed by atoms with van der Waals surface area (Å²) >= 11 is 6.13. The number of hydrogen-bond donors (Lipinski definition) is 1. The molecule has 1 aromatic rings. The van der Waals surface area contributed by atoms with Crippen molar-refractivity contribution < 1.29 is 9.59 Å². The van der Waals surface area contributed by atoms with E-state index in [9.17, 15) is 9.59 Å². The van der Waals surface area contributed by atoms with Gasteiger partial charge in [0.05, 0.1) is 5.92 Å². The fraction of sp³-hybridized carbons (Fsp3) is 0.529. The van der Waals surface area contributed by atoms with Gasteiger partial charge in [0.25, 0.3) is 0 Å². The molecule has 1 atom stereocenters. The lowest BCUT2D eigenvalue weighted by Crippen LogP contribution is -2.39. The van der Waals surface area contributed by atoms with E-state index in [1.165, 1.54) is 0 Å². The summed E-state index contributed by atoms with van der Waals surface area (Å²) in [7, 11) is 0. The molecule has 120 valence electrons. The Hall–Kier alpha value is -1.55. The maximum Gasteiger partial charge on any atom is 0.227 e. The van der Waals surface area contributed by atoms with E-state index in [0.29, 0.717) is 11.6 Å². The molecule has 0 saturated carbocycles. The molecule has 0 aliphatic carbocycles. The lowest BCUT2D eigenvalue weighted by molar-refractivity contribution is -0.127. The van der Waals surface area contributed by atoms with Crippen LogP contribution >= 0.6 is 11.6 Å². The van der Waals surface area contributed by atoms with Crippen molar-refractivity contribution in [3.63, 3.8) is 0 Å². The van der Waals surface area contributed by atoms with Gasteiger partial charge in [-0.1, -0.05) is 31.5 Å². The lowest BCUT2D eigenvalue weighted by Gasteiger charge is -2.19. The summed E-state index contributed by atoms with van der Waals surface area (Å²) in [5.74, 6) is -0.333. The van der Waals surface area contributed by atoms with Gasteiger partial charge in [-0.15, -0.1) is 0 Å². The van der Waals surface area contributed by atoms with Gasteiger partial charge in [0.2, 0.25) is 11.8 Å². The fourth-order valence-electron chi connectivity index (χ4n) is 2.69. The molecule has 1 fully saturated rings. The highest BCUT2D eigenvalue weighted by atomic mass is 35.5. The largest absolute Gasteiger partial charge is 0.353 e. The Morgan fingerprint density at radius 1 is 1.41 bits per heavy atom. The van der Waals surface area contributed by atoms with Crippen molar-refractivity contribution in [2.45, 2.75) is 46.1 Å². The first kappa shape index (κ1) is 16.8. The Labute approximate surface area is 136 Å². The molecule has 2 rings (SSSR count). The van der Waals surface area contributed by atoms with E-state index in [-0.39, 0.29) is 30.2 Å². The first-order valence-corrected chi connectivity index (χ1v) is 8.20. The molecule has 1 heterocycles. The highest BCUT2D eigenvalue weighted by molar-refractivity contribution is 6.31. The van der Waals surface area contributed by atoms with Crippen molar-refractivity contribution in [3.05, 3.63) is 28.8 Å². The summed E-state index contributed by atoms with van der Waals surface area (Å²) in [5, 5.41) is 3.66. The van der Waals surface area contributed by atoms with Crippen molar-refractivity contribution in [2.24, 2.45) is 5.92 Å². The zero-order valence-corrected chi connectivity index (χ0v) is 14.1. The highest BCUT2D eigenvalue weighted by Gasteiger charge is 2.35. The molecule has 1 N–H and O–H groups in total. The monoisotopic (exact) mass is 322 g/mol. The number of nitrogens with zero attached hydrogens (tertiary/aromatic N) is 1. The van der Waals surface area contributed by atoms with Gasteiger partial charge in [-0.2, -0.15) is 0 Å². The fourth-order valence-corrected chi connectivity index (χ4v) is 2.87. The van der Waals surface area contributed by atoms with E-state index in [4.69, 9.17) is 11.6 Å². The molecule has 0 aromatic heterocycles. The van der Waals surface area contributed by atoms with Gasteiger partial charge in [-0.25, -0.2) is 0 Å². The zero-order valence-electron chi connectivity index (χ0n) is 13.4. The normalized spacial score (nSPS) is 18.1. The number of hydrogen-bond acceptors (Lipinski definition) is 2. The Morgan fingerprint density at radius 2 is 2.09 bits per heavy atom. The van der Waals surface area contributed by atoms with Crippen LogP contribution in [-0.2, 0) is 9.59 Å². The van der Waals surface area contributed by atoms with Crippen LogP contribution in [0.25, 0.3) is 0 Å². The maximum atomic E-state index is 12.3. The molecule has 1 aliphatic heterocycles. The van der Waals surface area contributed by atoms with Crippen molar-refractivity contribution in [1.82, 2.24) is 5.32 Å². The number of halogens is 1. The predicted octanol–water partition coefficient (Wildman–Crippen LogP) is 3.31. The minimum absolute atomic E-state index is 0.0235. The lowest BCUT2D eigenvalue weighted by atomic mass is 10.1. The van der Waals surface area contributed by atoms with E-state index >= 15 is 0 Å². The summed E-state index contributed by atoms with van der Waals surface area (Å²) in [6, 6.07) is 5.74. The third-order valence-electron chi connectivity index (χ3n) is 4.29. The predicted molar refractivity (Wildman–Crippen MR) is 89.2 cm³/mol. The van der Waals surface area contributed by atoms with E-state index < -0.39 is 0 Å². The molecule has 1 saturated heterocycles. The molecular formula is C17H23ClN2O2. The molecule has 1 aromatic carbocycles. The van der Waals surface area contributed by atoms with Crippen LogP contribution in [0.1, 0.15) is 38.7 Å². The molecule has 5 heteroatoms. The quantitative estimate of drug-likeness (QED) is 0.904. The standard InChI is InChI=1S/C17H23ClN2O2/c1-4-13(5-2)19-17(22)12-8-16(21)20(10-12)14-7-6-11(3)15(18)9-14/h6-7,9,12-13H,4-5,8,10H2,1-3H3,(H,19,22). The topological polar surface area (TPSA) is 49.4 Å². The van der Waals surface area contributed by atoms with Gasteiger partial charge in [0.15, 0.2) is 0 Å². The molecule has 0 bridgehead atoms. The van der Waals surface area contributed by atoms with Crippen LogP contribution in [-0.4, -0.2) is 24.4 Å². The average Bonchev–Trinajstić information content (AvgIpc) is 2.89. The third-order valence-corrected chi connectivity index (χ3v) is 4.70. The molecule has 0 spiro atoms. The Bertz CT molecular complexity index is 570. The van der Waals surface area contributed by atoms with Crippen LogP contribution in [0.3, 0.4) is 0 Å². The first-order chi connectivity index (χ1) is 10.5. The van der Waals surface area contributed by atoms with Crippen LogP contribution in [0.15, 0.2) is 18.2 Å². The summed E-state index contributed by atoms with van der Waals surface area (Å²) in [5.41, 5.74) is 1.73. The molecular weight excluding hydrogens is 300 g/mol. The van der Waals surface area contributed by atoms with Gasteiger partial charge in [0.1, 0.15) is 0 Å². The van der Waals surface area contributed by atoms with Gasteiger partial charge >= 0.3 is 0 Å². The smallest absolute Gasteiger partial charge is 0.227 e. The zero-order chi connectivity index (χ0) is 16.3. The van der Waals surface area contributed by atoms with E-state index in [0.717, 1.165) is 24.1 Å². The molecule has 1 unspecified atom stereocenters. The van der Waals surface area contributed by atoms with E-state index in [1.807, 2.05) is 19.1 Å². The van der Waals surface area contributed by atoms with Crippen molar-refractivity contribution in [3.8, 4) is 0 Å². The Balaban J connectivity index is 2.07. The average molecular weight is 323 g/mol. The second-order valence-corrected chi connectivity index (χ2v) is 6.27. The summed E-state index contributed by atoms with van der Waals surface area (Å²) in [4.78, 5) is 26.2. The highest BCUT2D eigenvalue weighted by Crippen LogP contribution is 2.29. The molecule has 22 heavy (non-hydrogen) atoms. The Morgan fingerprint density at radius 3 is 2.68 bits per heavy atom. The summed E-state index contributed by atoms with van der Waals surface area (Å²) < 4.78 is 0. The Kier molecular flexibility index (Phi) is 5.46. The summed E-state index contributed by atoms with van der Waals surface area (Å²) in [6.45, 7) is 6.44. The number of carbonyl (C=O) groups is 2. The van der Waals surface area contributed by atoms with Crippen molar-refractivity contribution in [1.29, 1.82) is 0 Å². The summed E-state index contributed by atoms with van der Waals surface area (Å²) in [6.07, 6.45) is 2.07. The van der Waals surface area contributed by atoms with E-state index in [2.05, 4.69) is 19.2 Å². The van der Waals surface area contributed by atoms with Crippen LogP contribution in [0.4, 0.5) is 5.69 Å². The number of rotatable bonds is 5. The van der Waals surface area contributed by atoms with Crippen LogP contribution in [0, 0.1) is 12.8 Å². The molecule has 4 nitrogen and oxygen atoms in total. The van der Waals surface area contributed by atoms with Crippen molar-refractivity contribution in [2.75, 3.05) is 11.4 Å². The number of nitrogens with one attached hydrogen (secondary N) is 1. The second-order valence-electron chi connectivity index (χ2n) is 5.86. The third kappa shape index (κ3) is 3.61. The molecule has 1 aliphatic rings. The van der Waals surface area contributed by atoms with Crippen LogP contribution in [0.2, 0.25) is 5.02 Å². The van der Waals surface area contributed by atoms with Crippen LogP contribution in [0.5, 0.6) is 0 Å². The molecule has 2 amide bonds. The number of anilines is 1. The minimum atomic E-state index is -0.284. The molecule has 0 radical (unpaired) electrons. The number of carbonyl (C=O) groups excluding carboxylic acids is 2. The minimum Gasteiger partial charge on any atom is -0.353 e. The van der Waals surface area contributed by atoms with Crippen molar-refractivity contribution >= 4 is 29.1 Å². The number of benzene rings is 1. The van der Waals surface area contributed by atoms with Gasteiger partial charge < -0.3 is 10.2 Å². The number of amides is 2. The van der Waals surface area contributed by atoms with Gasteiger partial charge in [-0.05, 0) is 37.5 Å². The first-order valence-electron chi connectivity index (χ1n) is 7.83. The van der Waals surface area contributed by atoms with Gasteiger partial charge in [0, 0.05) is 29.7 Å². The van der Waals surface area contributed by atoms with Gasteiger partial charge in [-0.3, -0.25) is 9.59 Å².